The lowest BCUT2D eigenvalue weighted by molar-refractivity contribution is -0.129. The molecule has 0 saturated carbocycles. The van der Waals surface area contributed by atoms with Gasteiger partial charge in [0, 0.05) is 0 Å². The smallest absolute Gasteiger partial charge is 0.363 e. The Morgan fingerprint density at radius 3 is 2.74 bits per heavy atom. The second kappa shape index (κ2) is 8.10. The Morgan fingerprint density at radius 1 is 1.26 bits per heavy atom. The number of rotatable bonds is 6. The molecule has 3 rings (SSSR count). The molecule has 2 aromatic carbocycles. The summed E-state index contributed by atoms with van der Waals surface area (Å²) in [4.78, 5) is 16.5. The Hall–Kier alpha value is -3.05. The third-order valence-corrected chi connectivity index (χ3v) is 4.02. The molecule has 6 heteroatoms. The maximum atomic E-state index is 12.2. The highest BCUT2D eigenvalue weighted by molar-refractivity contribution is 6.34. The highest BCUT2D eigenvalue weighted by atomic mass is 35.5. The Balaban J connectivity index is 1.91. The van der Waals surface area contributed by atoms with E-state index in [9.17, 15) is 4.79 Å². The number of aliphatic imine (C=N–C) groups is 1. The molecule has 0 radical (unpaired) electrons. The number of cyclic esters (lactones) is 1. The maximum absolute atomic E-state index is 12.2. The number of hydrogen-bond donors (Lipinski definition) is 0. The SMILES string of the molecule is C=C(C)COc1cc(/C=C2/N=C(c3ccccc3Cl)OC2=O)ccc1OC. The van der Waals surface area contributed by atoms with Crippen LogP contribution in [0.4, 0.5) is 0 Å². The van der Waals surface area contributed by atoms with Gasteiger partial charge in [-0.1, -0.05) is 36.4 Å². The summed E-state index contributed by atoms with van der Waals surface area (Å²) < 4.78 is 16.3. The summed E-state index contributed by atoms with van der Waals surface area (Å²) >= 11 is 6.15. The van der Waals surface area contributed by atoms with Crippen molar-refractivity contribution in [3.63, 3.8) is 0 Å². The van der Waals surface area contributed by atoms with E-state index in [2.05, 4.69) is 11.6 Å². The standard InChI is InChI=1S/C21H18ClNO4/c1-13(2)12-26-19-11-14(8-9-18(19)25-3)10-17-21(24)27-20(23-17)15-6-4-5-7-16(15)22/h4-11H,1,12H2,2-3H3/b17-10+. The Kier molecular flexibility index (Phi) is 5.62. The summed E-state index contributed by atoms with van der Waals surface area (Å²) in [6, 6.07) is 12.4. The van der Waals surface area contributed by atoms with Crippen LogP contribution in [0.1, 0.15) is 18.1 Å². The van der Waals surface area contributed by atoms with E-state index in [1.165, 1.54) is 0 Å². The topological polar surface area (TPSA) is 57.1 Å². The van der Waals surface area contributed by atoms with Gasteiger partial charge in [0.05, 0.1) is 17.7 Å². The van der Waals surface area contributed by atoms with E-state index in [1.807, 2.05) is 6.92 Å². The molecule has 0 unspecified atom stereocenters. The van der Waals surface area contributed by atoms with Gasteiger partial charge in [-0.2, -0.15) is 0 Å². The summed E-state index contributed by atoms with van der Waals surface area (Å²) in [5, 5.41) is 0.463. The van der Waals surface area contributed by atoms with Crippen molar-refractivity contribution >= 4 is 29.5 Å². The molecule has 0 aromatic heterocycles. The van der Waals surface area contributed by atoms with E-state index in [1.54, 1.807) is 55.7 Å². The van der Waals surface area contributed by atoms with Crippen LogP contribution >= 0.6 is 11.6 Å². The number of ether oxygens (including phenoxy) is 3. The lowest BCUT2D eigenvalue weighted by atomic mass is 10.1. The van der Waals surface area contributed by atoms with E-state index >= 15 is 0 Å². The second-order valence-electron chi connectivity index (χ2n) is 5.97. The summed E-state index contributed by atoms with van der Waals surface area (Å²) in [6.07, 6.45) is 1.62. The minimum atomic E-state index is -0.537. The fourth-order valence-electron chi connectivity index (χ4n) is 2.41. The molecule has 0 fully saturated rings. The van der Waals surface area contributed by atoms with Gasteiger partial charge in [-0.25, -0.2) is 9.79 Å². The molecular formula is C21H18ClNO4. The van der Waals surface area contributed by atoms with Gasteiger partial charge in [-0.15, -0.1) is 0 Å². The number of halogens is 1. The number of benzene rings is 2. The molecule has 2 aromatic rings. The van der Waals surface area contributed by atoms with E-state index in [0.717, 1.165) is 11.1 Å². The molecule has 0 amide bonds. The predicted molar refractivity (Wildman–Crippen MR) is 105 cm³/mol. The van der Waals surface area contributed by atoms with Crippen LogP contribution in [-0.4, -0.2) is 25.6 Å². The number of esters is 1. The van der Waals surface area contributed by atoms with Gasteiger partial charge in [0.2, 0.25) is 5.90 Å². The summed E-state index contributed by atoms with van der Waals surface area (Å²) in [5.41, 5.74) is 2.36. The fourth-order valence-corrected chi connectivity index (χ4v) is 2.63. The maximum Gasteiger partial charge on any atom is 0.363 e. The van der Waals surface area contributed by atoms with Gasteiger partial charge in [0.15, 0.2) is 17.2 Å². The van der Waals surface area contributed by atoms with E-state index in [-0.39, 0.29) is 11.6 Å². The number of hydrogen-bond acceptors (Lipinski definition) is 5. The molecule has 0 aliphatic carbocycles. The van der Waals surface area contributed by atoms with E-state index in [0.29, 0.717) is 28.7 Å². The van der Waals surface area contributed by atoms with Crippen molar-refractivity contribution in [2.24, 2.45) is 4.99 Å². The first kappa shape index (κ1) is 18.7. The van der Waals surface area contributed by atoms with Crippen molar-refractivity contribution in [1.82, 2.24) is 0 Å². The zero-order valence-corrected chi connectivity index (χ0v) is 15.7. The van der Waals surface area contributed by atoms with Gasteiger partial charge in [0.1, 0.15) is 6.61 Å². The highest BCUT2D eigenvalue weighted by Gasteiger charge is 2.25. The van der Waals surface area contributed by atoms with Crippen LogP contribution in [0.25, 0.3) is 6.08 Å². The molecule has 0 N–H and O–H groups in total. The number of carbonyl (C=O) groups is 1. The van der Waals surface area contributed by atoms with Gasteiger partial charge in [-0.3, -0.25) is 0 Å². The second-order valence-corrected chi connectivity index (χ2v) is 6.38. The van der Waals surface area contributed by atoms with Crippen LogP contribution in [0.5, 0.6) is 11.5 Å². The minimum absolute atomic E-state index is 0.181. The van der Waals surface area contributed by atoms with E-state index in [4.69, 9.17) is 25.8 Å². The minimum Gasteiger partial charge on any atom is -0.493 e. The molecule has 5 nitrogen and oxygen atoms in total. The first-order chi connectivity index (χ1) is 13.0. The van der Waals surface area contributed by atoms with Crippen molar-refractivity contribution in [2.75, 3.05) is 13.7 Å². The van der Waals surface area contributed by atoms with Crippen LogP contribution < -0.4 is 9.47 Å². The summed E-state index contributed by atoms with van der Waals surface area (Å²) in [6.45, 7) is 6.06. The monoisotopic (exact) mass is 383 g/mol. The lowest BCUT2D eigenvalue weighted by Gasteiger charge is -2.11. The molecular weight excluding hydrogens is 366 g/mol. The Bertz CT molecular complexity index is 962. The van der Waals surface area contributed by atoms with Crippen LogP contribution in [0.2, 0.25) is 5.02 Å². The van der Waals surface area contributed by atoms with Crippen LogP contribution in [0, 0.1) is 0 Å². The Labute approximate surface area is 162 Å². The molecule has 27 heavy (non-hydrogen) atoms. The molecule has 1 heterocycles. The zero-order chi connectivity index (χ0) is 19.4. The molecule has 0 saturated heterocycles. The van der Waals surface area contributed by atoms with Gasteiger partial charge >= 0.3 is 5.97 Å². The third-order valence-electron chi connectivity index (χ3n) is 3.69. The first-order valence-corrected chi connectivity index (χ1v) is 8.58. The fraction of sp³-hybridized carbons (Fsp3) is 0.143. The molecule has 138 valence electrons. The van der Waals surface area contributed by atoms with Crippen molar-refractivity contribution < 1.29 is 19.0 Å². The Morgan fingerprint density at radius 2 is 2.04 bits per heavy atom. The van der Waals surface area contributed by atoms with Gasteiger partial charge in [0.25, 0.3) is 0 Å². The number of nitrogens with zero attached hydrogens (tertiary/aromatic N) is 1. The van der Waals surface area contributed by atoms with Crippen molar-refractivity contribution in [3.05, 3.63) is 76.5 Å². The zero-order valence-electron chi connectivity index (χ0n) is 15.0. The summed E-state index contributed by atoms with van der Waals surface area (Å²) in [7, 11) is 1.57. The van der Waals surface area contributed by atoms with Crippen molar-refractivity contribution in [3.8, 4) is 11.5 Å². The average molecular weight is 384 g/mol. The normalized spacial score (nSPS) is 14.7. The lowest BCUT2D eigenvalue weighted by Crippen LogP contribution is -2.05. The van der Waals surface area contributed by atoms with Crippen molar-refractivity contribution in [1.29, 1.82) is 0 Å². The number of methoxy groups -OCH3 is 1. The van der Waals surface area contributed by atoms with Gasteiger partial charge in [-0.05, 0) is 48.4 Å². The highest BCUT2D eigenvalue weighted by Crippen LogP contribution is 2.30. The van der Waals surface area contributed by atoms with Crippen molar-refractivity contribution in [2.45, 2.75) is 6.92 Å². The van der Waals surface area contributed by atoms with Crippen LogP contribution in [-0.2, 0) is 9.53 Å². The average Bonchev–Trinajstić information content (AvgIpc) is 3.00. The van der Waals surface area contributed by atoms with Crippen LogP contribution in [0.15, 0.2) is 65.3 Å². The summed E-state index contributed by atoms with van der Waals surface area (Å²) in [5.74, 6) is 0.790. The molecule has 0 atom stereocenters. The molecule has 0 bridgehead atoms. The quantitative estimate of drug-likeness (QED) is 0.414. The molecule has 1 aliphatic rings. The molecule has 0 spiro atoms. The van der Waals surface area contributed by atoms with Gasteiger partial charge < -0.3 is 14.2 Å². The van der Waals surface area contributed by atoms with E-state index < -0.39 is 5.97 Å². The first-order valence-electron chi connectivity index (χ1n) is 8.20. The largest absolute Gasteiger partial charge is 0.493 e. The third kappa shape index (κ3) is 4.38. The predicted octanol–water partition coefficient (Wildman–Crippen LogP) is 4.65. The van der Waals surface area contributed by atoms with Crippen LogP contribution in [0.3, 0.4) is 0 Å². The number of carbonyl (C=O) groups excluding carboxylic acids is 1. The molecule has 1 aliphatic heterocycles.